The molecule has 2 aromatic carbocycles. The van der Waals surface area contributed by atoms with Gasteiger partial charge in [0.1, 0.15) is 11.9 Å². The third-order valence-corrected chi connectivity index (χ3v) is 12.5. The number of amides is 3. The first-order chi connectivity index (χ1) is 26.6. The van der Waals surface area contributed by atoms with Crippen LogP contribution in [-0.4, -0.2) is 94.1 Å². The Morgan fingerprint density at radius 3 is 2.42 bits per heavy atom. The molecule has 0 radical (unpaired) electrons. The molecule has 1 unspecified atom stereocenters. The standard InChI is InChI=1S/C41H42FN9O4/c1-47-35-18-27(3-5-33(35)51(40(47)55)34-6-7-36(52)46-39(34)54)50-21-24(22-50)20-48-12-14-49(15-13-48)26-2-4-28(30(42)17-26)32-16-25(8-11-43-32)31-19-29-37(45-31)41(9-10-41)23-44-38(29)53/h2-5,8,11,16-19,24,34,45H,6-7,9-10,12-15,20-23H2,1H3,(H,44,53)(H,46,52,54). The van der Waals surface area contributed by atoms with Crippen LogP contribution in [0.25, 0.3) is 33.5 Å². The van der Waals surface area contributed by atoms with Gasteiger partial charge >= 0.3 is 5.69 Å². The number of hydrogen-bond donors (Lipinski definition) is 3. The van der Waals surface area contributed by atoms with Crippen LogP contribution in [-0.2, 0) is 22.1 Å². The van der Waals surface area contributed by atoms with Crippen LogP contribution in [0, 0.1) is 11.7 Å². The van der Waals surface area contributed by atoms with Gasteiger partial charge in [-0.2, -0.15) is 0 Å². The van der Waals surface area contributed by atoms with Gasteiger partial charge in [0.15, 0.2) is 0 Å². The molecule has 55 heavy (non-hydrogen) atoms. The molecule has 3 saturated heterocycles. The van der Waals surface area contributed by atoms with E-state index in [0.29, 0.717) is 41.2 Å². The summed E-state index contributed by atoms with van der Waals surface area (Å²) in [6.07, 6.45) is 4.34. The third kappa shape index (κ3) is 5.72. The Balaban J connectivity index is 0.752. The largest absolute Gasteiger partial charge is 0.371 e. The molecule has 14 heteroatoms. The van der Waals surface area contributed by atoms with E-state index in [9.17, 15) is 19.2 Å². The van der Waals surface area contributed by atoms with Crippen molar-refractivity contribution >= 4 is 40.1 Å². The maximum Gasteiger partial charge on any atom is 0.329 e. The van der Waals surface area contributed by atoms with E-state index in [1.165, 1.54) is 4.57 Å². The summed E-state index contributed by atoms with van der Waals surface area (Å²) in [6.45, 7) is 6.89. The van der Waals surface area contributed by atoms with Crippen LogP contribution in [0.4, 0.5) is 15.8 Å². The number of halogens is 1. The molecule has 4 aliphatic heterocycles. The third-order valence-electron chi connectivity index (χ3n) is 12.5. The van der Waals surface area contributed by atoms with Gasteiger partial charge in [-0.25, -0.2) is 9.18 Å². The Morgan fingerprint density at radius 1 is 0.873 bits per heavy atom. The maximum absolute atomic E-state index is 15.7. The van der Waals surface area contributed by atoms with Gasteiger partial charge in [0.05, 0.1) is 22.3 Å². The van der Waals surface area contributed by atoms with Crippen molar-refractivity contribution in [1.29, 1.82) is 0 Å². The zero-order chi connectivity index (χ0) is 37.6. The summed E-state index contributed by atoms with van der Waals surface area (Å²) < 4.78 is 18.8. The molecular weight excluding hydrogens is 702 g/mol. The van der Waals surface area contributed by atoms with Gasteiger partial charge in [-0.1, -0.05) is 0 Å². The van der Waals surface area contributed by atoms with E-state index in [1.807, 2.05) is 48.5 Å². The number of pyridine rings is 1. The summed E-state index contributed by atoms with van der Waals surface area (Å²) in [5, 5.41) is 5.38. The average molecular weight is 744 g/mol. The number of piperazine rings is 1. The van der Waals surface area contributed by atoms with Crippen molar-refractivity contribution in [3.05, 3.63) is 88.4 Å². The zero-order valence-corrected chi connectivity index (χ0v) is 30.6. The molecule has 3 N–H and O–H groups in total. The Bertz CT molecular complexity index is 2470. The predicted molar refractivity (Wildman–Crippen MR) is 206 cm³/mol. The zero-order valence-electron chi connectivity index (χ0n) is 30.6. The van der Waals surface area contributed by atoms with Crippen LogP contribution in [0.2, 0.25) is 0 Å². The van der Waals surface area contributed by atoms with Gasteiger partial charge in [0.2, 0.25) is 11.8 Å². The Morgan fingerprint density at radius 2 is 1.65 bits per heavy atom. The number of aromatic nitrogens is 4. The molecule has 5 aromatic rings. The first kappa shape index (κ1) is 33.8. The lowest BCUT2D eigenvalue weighted by atomic mass is 9.95. The summed E-state index contributed by atoms with van der Waals surface area (Å²) in [4.78, 5) is 65.0. The summed E-state index contributed by atoms with van der Waals surface area (Å²) >= 11 is 0. The number of piperidine rings is 1. The number of nitrogens with one attached hydrogen (secondary N) is 3. The van der Waals surface area contributed by atoms with Crippen molar-refractivity contribution in [3.63, 3.8) is 0 Å². The number of carbonyl (C=O) groups excluding carboxylic acids is 3. The quantitative estimate of drug-likeness (QED) is 0.215. The van der Waals surface area contributed by atoms with Crippen LogP contribution in [0.3, 0.4) is 0 Å². The summed E-state index contributed by atoms with van der Waals surface area (Å²) in [5.41, 5.74) is 7.54. The molecule has 3 aromatic heterocycles. The van der Waals surface area contributed by atoms with Crippen molar-refractivity contribution in [2.24, 2.45) is 13.0 Å². The number of carbonyl (C=O) groups is 3. The molecule has 1 saturated carbocycles. The highest BCUT2D eigenvalue weighted by Gasteiger charge is 2.50. The van der Waals surface area contributed by atoms with Crippen LogP contribution >= 0.6 is 0 Å². The lowest BCUT2D eigenvalue weighted by Gasteiger charge is -2.45. The minimum absolute atomic E-state index is 0.0300. The van der Waals surface area contributed by atoms with E-state index in [0.717, 1.165) is 92.5 Å². The van der Waals surface area contributed by atoms with Crippen molar-refractivity contribution in [2.45, 2.75) is 37.1 Å². The summed E-state index contributed by atoms with van der Waals surface area (Å²) in [5.74, 6) is -0.586. The molecule has 4 fully saturated rings. The minimum Gasteiger partial charge on any atom is -0.371 e. The highest BCUT2D eigenvalue weighted by molar-refractivity contribution is 6.00. The summed E-state index contributed by atoms with van der Waals surface area (Å²) in [7, 11) is 1.72. The number of imidazole rings is 1. The molecule has 5 aliphatic rings. The Labute approximate surface area is 316 Å². The van der Waals surface area contributed by atoms with Crippen LogP contribution < -0.4 is 26.1 Å². The van der Waals surface area contributed by atoms with E-state index in [4.69, 9.17) is 0 Å². The number of anilines is 2. The predicted octanol–water partition coefficient (Wildman–Crippen LogP) is 3.55. The van der Waals surface area contributed by atoms with E-state index in [2.05, 4.69) is 35.3 Å². The maximum atomic E-state index is 15.7. The number of H-pyrrole nitrogens is 1. The molecular formula is C41H42FN9O4. The van der Waals surface area contributed by atoms with Crippen LogP contribution in [0.1, 0.15) is 47.8 Å². The second-order valence-corrected chi connectivity index (χ2v) is 15.9. The fourth-order valence-electron chi connectivity index (χ4n) is 9.10. The molecule has 7 heterocycles. The molecule has 282 valence electrons. The SMILES string of the molecule is Cn1c(=O)n(C2CCC(=O)NC2=O)c2ccc(N3CC(CN4CCN(c5ccc(-c6cc(-c7cc8c([nH]7)C7(CC7)CNC8=O)ccn6)c(F)c5)CC4)C3)cc21. The van der Waals surface area contributed by atoms with Gasteiger partial charge in [0.25, 0.3) is 5.91 Å². The number of benzene rings is 2. The van der Waals surface area contributed by atoms with E-state index in [-0.39, 0.29) is 35.2 Å². The van der Waals surface area contributed by atoms with Crippen molar-refractivity contribution in [2.75, 3.05) is 62.2 Å². The van der Waals surface area contributed by atoms with E-state index >= 15 is 4.39 Å². The van der Waals surface area contributed by atoms with Crippen LogP contribution in [0.5, 0.6) is 0 Å². The number of rotatable bonds is 7. The minimum atomic E-state index is -0.698. The fourth-order valence-corrected chi connectivity index (χ4v) is 9.10. The molecule has 1 aliphatic carbocycles. The molecule has 0 bridgehead atoms. The molecule has 1 atom stereocenters. The van der Waals surface area contributed by atoms with Crippen LogP contribution in [0.15, 0.2) is 65.6 Å². The lowest BCUT2D eigenvalue weighted by Crippen LogP contribution is -2.55. The highest BCUT2D eigenvalue weighted by Crippen LogP contribution is 2.50. The monoisotopic (exact) mass is 743 g/mol. The summed E-state index contributed by atoms with van der Waals surface area (Å²) in [6, 6.07) is 16.3. The molecule has 3 amide bonds. The Hall–Kier alpha value is -5.76. The number of imide groups is 1. The highest BCUT2D eigenvalue weighted by atomic mass is 19.1. The van der Waals surface area contributed by atoms with Gasteiger partial charge in [-0.3, -0.25) is 38.7 Å². The van der Waals surface area contributed by atoms with Gasteiger partial charge < -0.3 is 20.1 Å². The van der Waals surface area contributed by atoms with Crippen molar-refractivity contribution in [3.8, 4) is 22.5 Å². The average Bonchev–Trinajstić information content (AvgIpc) is 3.72. The molecule has 1 spiro atoms. The number of aryl methyl sites for hydroxylation is 1. The number of fused-ring (bicyclic) bond motifs is 3. The Kier molecular flexibility index (Phi) is 7.77. The van der Waals surface area contributed by atoms with E-state index in [1.54, 1.807) is 23.9 Å². The van der Waals surface area contributed by atoms with E-state index < -0.39 is 11.9 Å². The smallest absolute Gasteiger partial charge is 0.329 e. The number of nitrogens with zero attached hydrogens (tertiary/aromatic N) is 6. The van der Waals surface area contributed by atoms with Gasteiger partial charge in [0, 0.05) is 117 Å². The topological polar surface area (TPSA) is 141 Å². The first-order valence-electron chi connectivity index (χ1n) is 19.2. The second kappa shape index (κ2) is 12.7. The molecule has 10 rings (SSSR count). The van der Waals surface area contributed by atoms with Crippen molar-refractivity contribution < 1.29 is 18.8 Å². The van der Waals surface area contributed by atoms with Gasteiger partial charge in [-0.05, 0) is 73.9 Å². The number of aromatic amines is 1. The lowest BCUT2D eigenvalue weighted by molar-refractivity contribution is -0.135. The molecule has 13 nitrogen and oxygen atoms in total. The first-order valence-corrected chi connectivity index (χ1v) is 19.2. The van der Waals surface area contributed by atoms with Gasteiger partial charge in [-0.15, -0.1) is 0 Å². The number of hydrogen-bond acceptors (Lipinski definition) is 8. The second-order valence-electron chi connectivity index (χ2n) is 15.9. The normalized spacial score (nSPS) is 21.1. The fraction of sp³-hybridized carbons (Fsp3) is 0.390. The van der Waals surface area contributed by atoms with Crippen molar-refractivity contribution in [1.82, 2.24) is 34.6 Å².